The Balaban J connectivity index is -0.0000000212. The fourth-order valence-corrected chi connectivity index (χ4v) is 0. The number of rotatable bonds is 0. The van der Waals surface area contributed by atoms with Crippen LogP contribution in [0.2, 0.25) is 0 Å². The maximum absolute atomic E-state index is 8.56. The first-order valence-corrected chi connectivity index (χ1v) is 20.7. The zero-order valence-electron chi connectivity index (χ0n) is 60.2. The van der Waals surface area contributed by atoms with Gasteiger partial charge in [0.15, 0.2) is 0 Å². The van der Waals surface area contributed by atoms with Crippen molar-refractivity contribution in [2.75, 3.05) is 0 Å². The second kappa shape index (κ2) is 233. The first-order chi connectivity index (χ1) is 55.4. The molecule has 0 fully saturated rings. The quantitative estimate of drug-likeness (QED) is 0.101. The van der Waals surface area contributed by atoms with E-state index in [0.717, 1.165) is 0 Å². The molecule has 0 spiro atoms. The van der Waals surface area contributed by atoms with Gasteiger partial charge in [0, 0.05) is 0 Å². The minimum absolute atomic E-state index is 0. The van der Waals surface area contributed by atoms with E-state index in [1.807, 2.05) is 0 Å². The Labute approximate surface area is 822 Å². The summed E-state index contributed by atoms with van der Waals surface area (Å²) in [6, 6.07) is 0. The van der Waals surface area contributed by atoms with Crippen LogP contribution in [-0.4, -0.2) is 634 Å². The maximum atomic E-state index is 8.56. The number of carbonyl (C=O) groups is 32. The van der Waals surface area contributed by atoms with Gasteiger partial charge in [-0.2, -0.15) is 0 Å². The molecule has 0 unspecified atom stereocenters. The van der Waals surface area contributed by atoms with E-state index >= 15 is 0 Å². The summed E-state index contributed by atoms with van der Waals surface area (Å²) < 4.78 is 0. The molecule has 100 heteroatoms. The van der Waals surface area contributed by atoms with Gasteiger partial charge < -0.3 is 346 Å². The Morgan fingerprint density at radius 3 is 0.0758 bits per heavy atom. The van der Waals surface area contributed by atoms with E-state index in [2.05, 4.69) is 0 Å². The van der Waals surface area contributed by atoms with E-state index in [9.17, 15) is 0 Å². The summed E-state index contributed by atoms with van der Waals surface area (Å²) in [6.07, 6.45) is -60.7. The third kappa shape index (κ3) is 4080. The van der Waals surface area contributed by atoms with Crippen molar-refractivity contribution in [3.05, 3.63) is 0 Å². The predicted octanol–water partition coefficient (Wildman–Crippen LogP) is -5.08. The largest absolute Gasteiger partial charge is 2.00 e. The molecule has 0 aliphatic rings. The van der Waals surface area contributed by atoms with E-state index in [-0.39, 0.29) is 151 Å². The Morgan fingerprint density at radius 2 is 0.0758 bits per heavy atom. The van der Waals surface area contributed by atoms with Gasteiger partial charge in [0.2, 0.25) is 0 Å². The number of hydrogen-bond donors (Lipinski definition) is 56. The van der Waals surface area contributed by atoms with Crippen molar-refractivity contribution >= 4 is 348 Å². The molecule has 0 aromatic carbocycles. The van der Waals surface area contributed by atoms with Crippen LogP contribution in [0, 0.1) is 0 Å². The standard InChI is InChI=1S/32CH2O3.4Ca/c32*2-1(3)4;;;;/h32*(H2,2,3,4);;;;/q;;;;;;;;;;;;;;;;;;;;;;;;;;;;;;;;4*+2/p-8. The second-order valence-corrected chi connectivity index (χ2v) is 8.91. The van der Waals surface area contributed by atoms with Gasteiger partial charge >= 0.3 is 323 Å². The Kier molecular flexibility index (Phi) is 422. The summed E-state index contributed by atoms with van der Waals surface area (Å²) >= 11 is 0. The molecule has 0 heterocycles. The number of carbonyl (C=O) groups excluding carboxylic acids is 4. The van der Waals surface area contributed by atoms with Gasteiger partial charge in [-0.25, -0.2) is 134 Å². The number of hydrogen-bond acceptors (Lipinski definition) is 40. The Bertz CT molecular complexity index is 1830. The summed E-state index contributed by atoms with van der Waals surface area (Å²) in [5.41, 5.74) is 0. The molecule has 0 saturated heterocycles. The second-order valence-electron chi connectivity index (χ2n) is 8.91. The van der Waals surface area contributed by atoms with Crippen molar-refractivity contribution in [2.45, 2.75) is 0 Å². The van der Waals surface area contributed by atoms with Crippen LogP contribution in [0.5, 0.6) is 0 Å². The van der Waals surface area contributed by atoms with Crippen molar-refractivity contribution in [3.63, 3.8) is 0 Å². The van der Waals surface area contributed by atoms with Gasteiger partial charge in [-0.15, -0.1) is 0 Å². The van der Waals surface area contributed by atoms with Gasteiger partial charge in [-0.3, -0.25) is 0 Å². The van der Waals surface area contributed by atoms with E-state index in [1.165, 1.54) is 0 Å². The average Bonchev–Trinajstić information content (AvgIpc) is 3.33. The molecule has 0 rings (SSSR count). The molecule has 0 bridgehead atoms. The predicted molar refractivity (Wildman–Crippen MR) is 343 cm³/mol. The van der Waals surface area contributed by atoms with Crippen molar-refractivity contribution in [1.82, 2.24) is 0 Å². The van der Waals surface area contributed by atoms with Crippen LogP contribution in [0.4, 0.5) is 153 Å². The normalized spacial score (nSPS) is 5.82. The fourth-order valence-electron chi connectivity index (χ4n) is 0. The van der Waals surface area contributed by atoms with Crippen molar-refractivity contribution in [3.8, 4) is 0 Å². The smallest absolute Gasteiger partial charge is 0.652 e. The van der Waals surface area contributed by atoms with Gasteiger partial charge in [-0.05, 0) is 24.6 Å². The zero-order valence-corrected chi connectivity index (χ0v) is 69.0. The third-order valence-electron chi connectivity index (χ3n) is 0. The van der Waals surface area contributed by atoms with Crippen LogP contribution in [-0.2, 0) is 0 Å². The molecule has 0 aromatic rings. The summed E-state index contributed by atoms with van der Waals surface area (Å²) in [6.45, 7) is 0. The summed E-state index contributed by atoms with van der Waals surface area (Å²) in [5.74, 6) is 0. The molecule has 0 aliphatic heterocycles. The van der Waals surface area contributed by atoms with Gasteiger partial charge in [0.1, 0.15) is 0 Å². The molecule has 0 atom stereocenters. The van der Waals surface area contributed by atoms with Crippen LogP contribution in [0.15, 0.2) is 0 Å². The fraction of sp³-hybridized carbons (Fsp3) is 0. The molecule has 56 N–H and O–H groups in total. The summed E-state index contributed by atoms with van der Waals surface area (Å²) in [7, 11) is 0. The van der Waals surface area contributed by atoms with Crippen LogP contribution in [0.3, 0.4) is 0 Å². The first-order valence-electron chi connectivity index (χ1n) is 20.7. The minimum atomic E-state index is -2.33. The summed E-state index contributed by atoms with van der Waals surface area (Å²) in [4.78, 5) is 273. The zero-order chi connectivity index (χ0) is 114. The van der Waals surface area contributed by atoms with Crippen LogP contribution in [0.1, 0.15) is 0 Å². The molecule has 0 saturated carbocycles. The van der Waals surface area contributed by atoms with Crippen LogP contribution in [0.25, 0.3) is 0 Å². The van der Waals surface area contributed by atoms with Crippen molar-refractivity contribution < 1.29 is 480 Å². The van der Waals surface area contributed by atoms with Crippen LogP contribution < -0.4 is 40.9 Å². The molecule has 0 aliphatic carbocycles. The SMILES string of the molecule is O=C(O)O.O=C(O)O.O=C(O)O.O=C(O)O.O=C(O)O.O=C(O)O.O=C(O)O.O=C(O)O.O=C(O)O.O=C(O)O.O=C(O)O.O=C(O)O.O=C(O)O.O=C(O)O.O=C(O)O.O=C(O)O.O=C(O)O.O=C(O)O.O=C(O)O.O=C(O)O.O=C(O)O.O=C(O)O.O=C(O)O.O=C(O)O.O=C(O)O.O=C(O)O.O=C(O)O.O=C(O)O.O=C([O-])[O-].O=C([O-])[O-].O=C([O-])[O-].O=C([O-])[O-].[Ca+2].[Ca+2].[Ca+2].[Ca+2]. The van der Waals surface area contributed by atoms with Crippen molar-refractivity contribution in [1.29, 1.82) is 0 Å². The Morgan fingerprint density at radius 1 is 0.0758 bits per heavy atom. The molecule has 132 heavy (non-hydrogen) atoms. The monoisotopic (exact) mass is 2140 g/mol. The van der Waals surface area contributed by atoms with E-state index in [4.69, 9.17) is 480 Å². The van der Waals surface area contributed by atoms with Gasteiger partial charge in [0.05, 0.1) is 0 Å². The molecule has 768 valence electrons. The minimum Gasteiger partial charge on any atom is -0.652 e. The third-order valence-corrected chi connectivity index (χ3v) is 0. The molecule has 0 radical (unpaired) electrons. The first kappa shape index (κ1) is 239. The topological polar surface area (TPSA) is 1860 Å². The van der Waals surface area contributed by atoms with E-state index < -0.39 is 197 Å². The molecular weight excluding hydrogens is 2080 g/mol. The average molecular weight is 2140 g/mol. The number of carboxylic acid groups (broad SMARTS) is 64. The van der Waals surface area contributed by atoms with Gasteiger partial charge in [0.25, 0.3) is 0 Å². The maximum Gasteiger partial charge on any atom is 2.00 e. The van der Waals surface area contributed by atoms with Gasteiger partial charge in [-0.1, -0.05) is 0 Å². The molecule has 96 nitrogen and oxygen atoms in total. The van der Waals surface area contributed by atoms with Crippen molar-refractivity contribution in [2.24, 2.45) is 0 Å². The molecule has 0 amide bonds. The molecular formula is C32H56Ca4O96. The van der Waals surface area contributed by atoms with E-state index in [1.54, 1.807) is 0 Å². The molecule has 0 aromatic heterocycles. The Hall–Kier alpha value is -18.3. The summed E-state index contributed by atoms with van der Waals surface area (Å²) in [5, 5.41) is 457. The van der Waals surface area contributed by atoms with Crippen LogP contribution >= 0.6 is 0 Å². The van der Waals surface area contributed by atoms with E-state index in [0.29, 0.717) is 0 Å².